The van der Waals surface area contributed by atoms with Crippen LogP contribution in [-0.2, 0) is 4.79 Å². The molecule has 25 heavy (non-hydrogen) atoms. The molecule has 2 unspecified atom stereocenters. The van der Waals surface area contributed by atoms with E-state index >= 15 is 0 Å². The van der Waals surface area contributed by atoms with E-state index in [4.69, 9.17) is 16.3 Å². The Labute approximate surface area is 154 Å². The van der Waals surface area contributed by atoms with Crippen molar-refractivity contribution >= 4 is 23.2 Å². The van der Waals surface area contributed by atoms with E-state index in [1.807, 2.05) is 56.3 Å². The third-order valence-corrected chi connectivity index (χ3v) is 4.71. The second kappa shape index (κ2) is 8.88. The third kappa shape index (κ3) is 4.97. The van der Waals surface area contributed by atoms with Gasteiger partial charge in [0.15, 0.2) is 0 Å². The van der Waals surface area contributed by atoms with Gasteiger partial charge in [-0.2, -0.15) is 0 Å². The fourth-order valence-corrected chi connectivity index (χ4v) is 2.82. The Morgan fingerprint density at radius 2 is 1.88 bits per heavy atom. The first-order chi connectivity index (χ1) is 12.0. The molecule has 0 aliphatic carbocycles. The lowest BCUT2D eigenvalue weighted by molar-refractivity contribution is -0.118. The summed E-state index contributed by atoms with van der Waals surface area (Å²) in [6, 6.07) is 13.1. The van der Waals surface area contributed by atoms with E-state index in [0.717, 1.165) is 29.0 Å². The molecule has 1 amide bonds. The van der Waals surface area contributed by atoms with Crippen molar-refractivity contribution in [3.63, 3.8) is 0 Å². The number of hydrogen-bond acceptors (Lipinski definition) is 3. The van der Waals surface area contributed by atoms with Gasteiger partial charge >= 0.3 is 0 Å². The normalized spacial score (nSPS) is 13.2. The molecule has 2 rings (SSSR count). The van der Waals surface area contributed by atoms with Crippen molar-refractivity contribution in [1.29, 1.82) is 0 Å². The first kappa shape index (κ1) is 19.3. The predicted molar refractivity (Wildman–Crippen MR) is 103 cm³/mol. The Kier molecular flexibility index (Phi) is 6.85. The average Bonchev–Trinajstić information content (AvgIpc) is 2.63. The number of anilines is 1. The van der Waals surface area contributed by atoms with Crippen LogP contribution in [-0.4, -0.2) is 19.1 Å². The summed E-state index contributed by atoms with van der Waals surface area (Å²) in [6.45, 7) is 5.84. The molecule has 0 saturated carbocycles. The number of halogens is 1. The number of carbonyl (C=O) groups is 1. The van der Waals surface area contributed by atoms with Crippen molar-refractivity contribution in [2.75, 3.05) is 12.4 Å². The largest absolute Gasteiger partial charge is 0.497 e. The molecule has 2 N–H and O–H groups in total. The molecule has 0 spiro atoms. The molecule has 2 aromatic carbocycles. The van der Waals surface area contributed by atoms with Crippen LogP contribution in [0, 0.1) is 6.92 Å². The zero-order valence-corrected chi connectivity index (χ0v) is 15.9. The molecule has 0 aliphatic rings. The van der Waals surface area contributed by atoms with Crippen LogP contribution in [0.1, 0.15) is 37.4 Å². The van der Waals surface area contributed by atoms with Crippen LogP contribution in [0.5, 0.6) is 5.75 Å². The second-order valence-electron chi connectivity index (χ2n) is 6.02. The Morgan fingerprint density at radius 3 is 2.48 bits per heavy atom. The van der Waals surface area contributed by atoms with Crippen LogP contribution in [0.25, 0.3) is 0 Å². The highest BCUT2D eigenvalue weighted by molar-refractivity contribution is 6.31. The molecular formula is C20H25ClN2O2. The lowest BCUT2D eigenvalue weighted by atomic mass is 10.0. The van der Waals surface area contributed by atoms with Gasteiger partial charge < -0.3 is 10.1 Å². The van der Waals surface area contributed by atoms with Crippen molar-refractivity contribution in [2.45, 2.75) is 39.3 Å². The highest BCUT2D eigenvalue weighted by Crippen LogP contribution is 2.24. The molecule has 5 heteroatoms. The fraction of sp³-hybridized carbons (Fsp3) is 0.350. The average molecular weight is 361 g/mol. The van der Waals surface area contributed by atoms with Crippen molar-refractivity contribution in [1.82, 2.24) is 5.32 Å². The minimum absolute atomic E-state index is 0.0858. The molecule has 134 valence electrons. The predicted octanol–water partition coefficient (Wildman–Crippen LogP) is 4.72. The molecule has 2 aromatic rings. The monoisotopic (exact) mass is 360 g/mol. The summed E-state index contributed by atoms with van der Waals surface area (Å²) >= 11 is 6.11. The van der Waals surface area contributed by atoms with Gasteiger partial charge in [-0.05, 0) is 55.7 Å². The van der Waals surface area contributed by atoms with E-state index in [0.29, 0.717) is 5.02 Å². The van der Waals surface area contributed by atoms with Crippen LogP contribution in [0.4, 0.5) is 5.69 Å². The van der Waals surface area contributed by atoms with Gasteiger partial charge in [-0.3, -0.25) is 10.1 Å². The fourth-order valence-electron chi connectivity index (χ4n) is 2.65. The molecule has 0 bridgehead atoms. The summed E-state index contributed by atoms with van der Waals surface area (Å²) in [5.41, 5.74) is 2.73. The lowest BCUT2D eigenvalue weighted by Crippen LogP contribution is -2.40. The first-order valence-electron chi connectivity index (χ1n) is 8.42. The summed E-state index contributed by atoms with van der Waals surface area (Å²) in [5, 5.41) is 6.97. The smallest absolute Gasteiger partial charge is 0.241 e. The standard InChI is InChI=1S/C20H25ClN2O2/c1-5-18(15-9-11-16(25-4)12-10-15)22-14(3)20(24)23-19-8-6-7-17(21)13(19)2/h6-12,14,18,22H,5H2,1-4H3,(H,23,24). The molecule has 2 atom stereocenters. The van der Waals surface area contributed by atoms with Gasteiger partial charge in [0.2, 0.25) is 5.91 Å². The molecule has 0 aromatic heterocycles. The van der Waals surface area contributed by atoms with E-state index in [2.05, 4.69) is 17.6 Å². The van der Waals surface area contributed by atoms with Crippen LogP contribution in [0.3, 0.4) is 0 Å². The Balaban J connectivity index is 2.03. The van der Waals surface area contributed by atoms with Gasteiger partial charge in [0.25, 0.3) is 0 Å². The summed E-state index contributed by atoms with van der Waals surface area (Å²) < 4.78 is 5.19. The first-order valence-corrected chi connectivity index (χ1v) is 8.80. The summed E-state index contributed by atoms with van der Waals surface area (Å²) in [6.07, 6.45) is 0.875. The second-order valence-corrected chi connectivity index (χ2v) is 6.43. The van der Waals surface area contributed by atoms with Gasteiger partial charge in [0.05, 0.1) is 13.2 Å². The van der Waals surface area contributed by atoms with Crippen LogP contribution in [0.2, 0.25) is 5.02 Å². The van der Waals surface area contributed by atoms with E-state index in [9.17, 15) is 4.79 Å². The maximum Gasteiger partial charge on any atom is 0.241 e. The van der Waals surface area contributed by atoms with E-state index in [-0.39, 0.29) is 18.0 Å². The van der Waals surface area contributed by atoms with Gasteiger partial charge in [0.1, 0.15) is 5.75 Å². The molecule has 0 heterocycles. The zero-order chi connectivity index (χ0) is 18.4. The molecule has 0 fully saturated rings. The number of hydrogen-bond donors (Lipinski definition) is 2. The minimum Gasteiger partial charge on any atom is -0.497 e. The maximum absolute atomic E-state index is 12.5. The van der Waals surface area contributed by atoms with Gasteiger partial charge in [-0.1, -0.05) is 36.7 Å². The van der Waals surface area contributed by atoms with Gasteiger partial charge in [0, 0.05) is 16.8 Å². The van der Waals surface area contributed by atoms with Crippen LogP contribution < -0.4 is 15.4 Å². The summed E-state index contributed by atoms with van der Waals surface area (Å²) in [5.74, 6) is 0.734. The number of methoxy groups -OCH3 is 1. The number of benzene rings is 2. The SMILES string of the molecule is CCC(NC(C)C(=O)Nc1cccc(Cl)c1C)c1ccc(OC)cc1. The quantitative estimate of drug-likeness (QED) is 0.750. The molecule has 0 radical (unpaired) electrons. The van der Waals surface area contributed by atoms with Gasteiger partial charge in [-0.25, -0.2) is 0 Å². The molecule has 0 saturated heterocycles. The summed E-state index contributed by atoms with van der Waals surface area (Å²) in [7, 11) is 1.65. The van der Waals surface area contributed by atoms with Crippen molar-refractivity contribution in [2.24, 2.45) is 0 Å². The maximum atomic E-state index is 12.5. The summed E-state index contributed by atoms with van der Waals surface area (Å²) in [4.78, 5) is 12.5. The van der Waals surface area contributed by atoms with Crippen LogP contribution in [0.15, 0.2) is 42.5 Å². The number of carbonyl (C=O) groups excluding carboxylic acids is 1. The highest BCUT2D eigenvalue weighted by Gasteiger charge is 2.19. The van der Waals surface area contributed by atoms with Gasteiger partial charge in [-0.15, -0.1) is 0 Å². The van der Waals surface area contributed by atoms with Crippen molar-refractivity contribution < 1.29 is 9.53 Å². The van der Waals surface area contributed by atoms with E-state index < -0.39 is 0 Å². The van der Waals surface area contributed by atoms with Crippen molar-refractivity contribution in [3.8, 4) is 5.75 Å². The number of nitrogens with one attached hydrogen (secondary N) is 2. The Hall–Kier alpha value is -2.04. The number of amides is 1. The Bertz CT molecular complexity index is 716. The molecular weight excluding hydrogens is 336 g/mol. The lowest BCUT2D eigenvalue weighted by Gasteiger charge is -2.23. The minimum atomic E-state index is -0.342. The van der Waals surface area contributed by atoms with E-state index in [1.165, 1.54) is 0 Å². The van der Waals surface area contributed by atoms with Crippen LogP contribution >= 0.6 is 11.6 Å². The molecule has 4 nitrogen and oxygen atoms in total. The number of ether oxygens (including phenoxy) is 1. The topological polar surface area (TPSA) is 50.4 Å². The molecule has 0 aliphatic heterocycles. The number of rotatable bonds is 7. The Morgan fingerprint density at radius 1 is 1.20 bits per heavy atom. The highest BCUT2D eigenvalue weighted by atomic mass is 35.5. The zero-order valence-electron chi connectivity index (χ0n) is 15.1. The third-order valence-electron chi connectivity index (χ3n) is 4.30. The van der Waals surface area contributed by atoms with Crippen molar-refractivity contribution in [3.05, 3.63) is 58.6 Å². The van der Waals surface area contributed by atoms with E-state index in [1.54, 1.807) is 7.11 Å².